The lowest BCUT2D eigenvalue weighted by Crippen LogP contribution is -2.45. The molecular formula is C18H20F3N3O6S. The van der Waals surface area contributed by atoms with E-state index in [4.69, 9.17) is 4.74 Å². The highest BCUT2D eigenvalue weighted by Crippen LogP contribution is 2.40. The summed E-state index contributed by atoms with van der Waals surface area (Å²) in [5.41, 5.74) is -4.18. The van der Waals surface area contributed by atoms with E-state index in [-0.39, 0.29) is 28.7 Å². The normalized spacial score (nSPS) is 17.2. The van der Waals surface area contributed by atoms with E-state index in [0.717, 1.165) is 6.07 Å². The predicted octanol–water partition coefficient (Wildman–Crippen LogP) is 1.80. The van der Waals surface area contributed by atoms with Crippen LogP contribution in [-0.2, 0) is 25.7 Å². The van der Waals surface area contributed by atoms with Crippen molar-refractivity contribution in [2.45, 2.75) is 44.9 Å². The standard InChI is InChI=1S/C18H20F3N3O6S/c1-2-4-10(25)9-31(28,29)23-24-16(26)12-7-11(15-5-3-6-30-15)13(18(19,20)21)8-14(12)22-17(24)27/h7-8,15,23H,2-6,9H2,1H3,(H,22,27). The van der Waals surface area contributed by atoms with Gasteiger partial charge in [0.25, 0.3) is 15.6 Å². The molecule has 1 saturated heterocycles. The summed E-state index contributed by atoms with van der Waals surface area (Å²) in [5.74, 6) is -1.56. The Morgan fingerprint density at radius 2 is 2.03 bits per heavy atom. The van der Waals surface area contributed by atoms with Crippen LogP contribution in [0.15, 0.2) is 21.7 Å². The van der Waals surface area contributed by atoms with Crippen molar-refractivity contribution in [3.05, 3.63) is 44.1 Å². The molecule has 1 aliphatic heterocycles. The van der Waals surface area contributed by atoms with Crippen LogP contribution in [0.2, 0.25) is 0 Å². The number of halogens is 3. The van der Waals surface area contributed by atoms with Crippen molar-refractivity contribution in [3.63, 3.8) is 0 Å². The van der Waals surface area contributed by atoms with Gasteiger partial charge in [0.2, 0.25) is 0 Å². The highest BCUT2D eigenvalue weighted by Gasteiger charge is 2.37. The Hall–Kier alpha value is -2.67. The first-order valence-electron chi connectivity index (χ1n) is 9.47. The maximum Gasteiger partial charge on any atom is 0.416 e. The summed E-state index contributed by atoms with van der Waals surface area (Å²) in [6, 6.07) is 1.60. The number of nitrogens with one attached hydrogen (secondary N) is 2. The summed E-state index contributed by atoms with van der Waals surface area (Å²) in [6.45, 7) is 1.94. The molecule has 2 heterocycles. The second kappa shape index (κ2) is 8.46. The molecule has 9 nitrogen and oxygen atoms in total. The number of fused-ring (bicyclic) bond motifs is 1. The van der Waals surface area contributed by atoms with Gasteiger partial charge < -0.3 is 9.72 Å². The van der Waals surface area contributed by atoms with Gasteiger partial charge in [-0.3, -0.25) is 9.59 Å². The van der Waals surface area contributed by atoms with Crippen LogP contribution >= 0.6 is 0 Å². The Kier molecular flexibility index (Phi) is 6.28. The third-order valence-electron chi connectivity index (χ3n) is 4.76. The molecule has 0 spiro atoms. The first-order chi connectivity index (χ1) is 14.4. The summed E-state index contributed by atoms with van der Waals surface area (Å²) in [5, 5.41) is -0.333. The summed E-state index contributed by atoms with van der Waals surface area (Å²) < 4.78 is 70.5. The fraction of sp³-hybridized carbons (Fsp3) is 0.500. The maximum atomic E-state index is 13.6. The number of sulfonamides is 1. The fourth-order valence-electron chi connectivity index (χ4n) is 3.43. The number of carbonyl (C=O) groups is 1. The molecule has 13 heteroatoms. The van der Waals surface area contributed by atoms with Gasteiger partial charge in [-0.1, -0.05) is 6.92 Å². The van der Waals surface area contributed by atoms with Gasteiger partial charge >= 0.3 is 11.9 Å². The van der Waals surface area contributed by atoms with E-state index >= 15 is 0 Å². The van der Waals surface area contributed by atoms with E-state index < -0.39 is 56.2 Å². The van der Waals surface area contributed by atoms with Gasteiger partial charge in [-0.25, -0.2) is 18.0 Å². The van der Waals surface area contributed by atoms with E-state index in [1.807, 2.05) is 0 Å². The number of benzene rings is 1. The number of hydrogen-bond donors (Lipinski definition) is 2. The molecule has 1 aromatic carbocycles. The molecule has 3 rings (SSSR count). The van der Waals surface area contributed by atoms with E-state index in [2.05, 4.69) is 4.98 Å². The topological polar surface area (TPSA) is 127 Å². The zero-order valence-electron chi connectivity index (χ0n) is 16.4. The average molecular weight is 463 g/mol. The van der Waals surface area contributed by atoms with Crippen molar-refractivity contribution >= 4 is 26.7 Å². The lowest BCUT2D eigenvalue weighted by molar-refractivity contribution is -0.139. The number of aromatic amines is 1. The van der Waals surface area contributed by atoms with Crippen LogP contribution in [0.25, 0.3) is 10.9 Å². The van der Waals surface area contributed by atoms with Crippen LogP contribution in [0.5, 0.6) is 0 Å². The Balaban J connectivity index is 2.13. The number of ketones is 1. The summed E-state index contributed by atoms with van der Waals surface area (Å²) in [6.07, 6.45) is -4.38. The minimum Gasteiger partial charge on any atom is -0.374 e. The van der Waals surface area contributed by atoms with Crippen LogP contribution in [0, 0.1) is 0 Å². The molecule has 0 amide bonds. The zero-order valence-corrected chi connectivity index (χ0v) is 17.2. The molecule has 0 bridgehead atoms. The number of alkyl halides is 3. The number of nitrogens with zero attached hydrogens (tertiary/aromatic N) is 1. The van der Waals surface area contributed by atoms with Crippen molar-refractivity contribution in [1.29, 1.82) is 0 Å². The van der Waals surface area contributed by atoms with E-state index in [0.29, 0.717) is 25.3 Å². The second-order valence-electron chi connectivity index (χ2n) is 7.19. The molecule has 1 aliphatic rings. The van der Waals surface area contributed by atoms with Crippen molar-refractivity contribution in [2.75, 3.05) is 17.2 Å². The number of hydrogen-bond acceptors (Lipinski definition) is 6. The Bertz CT molecular complexity index is 1230. The molecule has 1 aromatic heterocycles. The number of H-pyrrole nitrogens is 1. The van der Waals surface area contributed by atoms with Crippen LogP contribution < -0.4 is 16.1 Å². The number of ether oxygens (including phenoxy) is 1. The average Bonchev–Trinajstić information content (AvgIpc) is 3.18. The fourth-order valence-corrected chi connectivity index (χ4v) is 4.51. The van der Waals surface area contributed by atoms with E-state index in [1.54, 1.807) is 11.8 Å². The predicted molar refractivity (Wildman–Crippen MR) is 105 cm³/mol. The molecule has 1 atom stereocenters. The first kappa shape index (κ1) is 23.0. The Morgan fingerprint density at radius 1 is 1.32 bits per heavy atom. The van der Waals surface area contributed by atoms with E-state index in [9.17, 15) is 36.0 Å². The molecular weight excluding hydrogens is 443 g/mol. The molecule has 31 heavy (non-hydrogen) atoms. The van der Waals surface area contributed by atoms with Gasteiger partial charge in [0, 0.05) is 13.0 Å². The van der Waals surface area contributed by atoms with Gasteiger partial charge in [0.15, 0.2) is 0 Å². The highest BCUT2D eigenvalue weighted by atomic mass is 32.2. The van der Waals surface area contributed by atoms with Crippen LogP contribution in [-0.4, -0.2) is 36.2 Å². The quantitative estimate of drug-likeness (QED) is 0.645. The van der Waals surface area contributed by atoms with Crippen LogP contribution in [0.4, 0.5) is 13.2 Å². The number of rotatable bonds is 7. The van der Waals surface area contributed by atoms with Crippen molar-refractivity contribution in [1.82, 2.24) is 9.66 Å². The molecule has 2 N–H and O–H groups in total. The lowest BCUT2D eigenvalue weighted by Gasteiger charge is -2.18. The summed E-state index contributed by atoms with van der Waals surface area (Å²) >= 11 is 0. The number of carbonyl (C=O) groups excluding carboxylic acids is 1. The Morgan fingerprint density at radius 3 is 2.61 bits per heavy atom. The zero-order chi connectivity index (χ0) is 23.0. The molecule has 0 radical (unpaired) electrons. The van der Waals surface area contributed by atoms with E-state index in [1.165, 1.54) is 0 Å². The smallest absolute Gasteiger partial charge is 0.374 e. The largest absolute Gasteiger partial charge is 0.416 e. The number of aromatic nitrogens is 2. The molecule has 0 saturated carbocycles. The van der Waals surface area contributed by atoms with Crippen LogP contribution in [0.1, 0.15) is 49.8 Å². The first-order valence-corrected chi connectivity index (χ1v) is 11.1. The highest BCUT2D eigenvalue weighted by molar-refractivity contribution is 7.93. The monoisotopic (exact) mass is 463 g/mol. The van der Waals surface area contributed by atoms with Crippen molar-refractivity contribution in [2.24, 2.45) is 0 Å². The van der Waals surface area contributed by atoms with Gasteiger partial charge in [0.05, 0.1) is 22.6 Å². The van der Waals surface area contributed by atoms with Gasteiger partial charge in [-0.05, 0) is 37.0 Å². The lowest BCUT2D eigenvalue weighted by atomic mass is 9.97. The van der Waals surface area contributed by atoms with Crippen molar-refractivity contribution in [3.8, 4) is 0 Å². The molecule has 170 valence electrons. The minimum absolute atomic E-state index is 0.00511. The molecule has 2 aromatic rings. The third-order valence-corrected chi connectivity index (χ3v) is 5.92. The summed E-state index contributed by atoms with van der Waals surface area (Å²) in [4.78, 5) is 40.5. The number of Topliss-reactive ketones (excluding diaryl/α,β-unsaturated/α-hetero) is 1. The maximum absolute atomic E-state index is 13.6. The summed E-state index contributed by atoms with van der Waals surface area (Å²) in [7, 11) is -4.39. The molecule has 1 unspecified atom stereocenters. The van der Waals surface area contributed by atoms with Gasteiger partial charge in [-0.2, -0.15) is 17.8 Å². The van der Waals surface area contributed by atoms with Crippen molar-refractivity contribution < 1.29 is 31.1 Å². The van der Waals surface area contributed by atoms with Crippen LogP contribution in [0.3, 0.4) is 0 Å². The van der Waals surface area contributed by atoms with Gasteiger partial charge in [-0.15, -0.1) is 0 Å². The third kappa shape index (κ3) is 4.98. The minimum atomic E-state index is -4.76. The van der Waals surface area contributed by atoms with Gasteiger partial charge in [0.1, 0.15) is 11.5 Å². The molecule has 0 aliphatic carbocycles. The second-order valence-corrected chi connectivity index (χ2v) is 8.89. The Labute approximate surface area is 174 Å². The SMILES string of the molecule is CCCC(=O)CS(=O)(=O)Nn1c(=O)[nH]c2cc(C(F)(F)F)c(C3CCCO3)cc2c1=O. The molecule has 1 fully saturated rings.